The summed E-state index contributed by atoms with van der Waals surface area (Å²) >= 11 is 1.52. The van der Waals surface area contributed by atoms with E-state index in [1.807, 2.05) is 35.7 Å². The second-order valence-corrected chi connectivity index (χ2v) is 5.39. The third kappa shape index (κ3) is 3.42. The number of nitrogens with zero attached hydrogens (tertiary/aromatic N) is 1. The van der Waals surface area contributed by atoms with Crippen molar-refractivity contribution >= 4 is 33.9 Å². The lowest BCUT2D eigenvalue weighted by Crippen LogP contribution is -2.06. The van der Waals surface area contributed by atoms with Crippen LogP contribution in [0.2, 0.25) is 0 Å². The fourth-order valence-electron chi connectivity index (χ4n) is 1.96. The van der Waals surface area contributed by atoms with E-state index in [1.165, 1.54) is 11.3 Å². The summed E-state index contributed by atoms with van der Waals surface area (Å²) in [6.45, 7) is 0. The molecule has 0 spiro atoms. The van der Waals surface area contributed by atoms with E-state index < -0.39 is 6.09 Å². The van der Waals surface area contributed by atoms with E-state index in [0.29, 0.717) is 5.69 Å². The Balaban J connectivity index is 1.71. The Morgan fingerprint density at radius 3 is 2.36 bits per heavy atom. The van der Waals surface area contributed by atoms with Crippen molar-refractivity contribution in [1.29, 1.82) is 0 Å². The molecule has 22 heavy (non-hydrogen) atoms. The molecule has 6 heteroatoms. The van der Waals surface area contributed by atoms with E-state index >= 15 is 0 Å². The number of carbonyl (C=O) groups is 1. The summed E-state index contributed by atoms with van der Waals surface area (Å²) in [6, 6.07) is 17.0. The van der Waals surface area contributed by atoms with Gasteiger partial charge >= 0.3 is 6.09 Å². The Kier molecular flexibility index (Phi) is 4.02. The van der Waals surface area contributed by atoms with Crippen molar-refractivity contribution < 1.29 is 9.90 Å². The summed E-state index contributed by atoms with van der Waals surface area (Å²) in [5, 5.41) is 16.9. The van der Waals surface area contributed by atoms with Crippen LogP contribution in [0.15, 0.2) is 60.0 Å². The van der Waals surface area contributed by atoms with Gasteiger partial charge in [0.25, 0.3) is 0 Å². The molecule has 3 rings (SSSR count). The molecular formula is C16H13N3O2S. The van der Waals surface area contributed by atoms with E-state index in [4.69, 9.17) is 5.11 Å². The maximum Gasteiger partial charge on any atom is 0.409 e. The van der Waals surface area contributed by atoms with Crippen LogP contribution in [0, 0.1) is 0 Å². The normalized spacial score (nSPS) is 10.2. The van der Waals surface area contributed by atoms with Gasteiger partial charge in [-0.1, -0.05) is 30.3 Å². The number of hydrogen-bond donors (Lipinski definition) is 3. The maximum atomic E-state index is 10.5. The van der Waals surface area contributed by atoms with Gasteiger partial charge in [-0.3, -0.25) is 5.32 Å². The lowest BCUT2D eigenvalue weighted by atomic mass is 10.2. The van der Waals surface area contributed by atoms with E-state index in [1.54, 1.807) is 24.3 Å². The zero-order chi connectivity index (χ0) is 15.4. The van der Waals surface area contributed by atoms with Gasteiger partial charge < -0.3 is 10.4 Å². The standard InChI is InChI=1S/C16H13N3O2S/c20-16(21)18-13-8-6-12(7-9-13)17-15-19-14(10-22-15)11-4-2-1-3-5-11/h1-10,18H,(H,17,19)(H,20,21). The molecule has 0 unspecified atom stereocenters. The molecule has 5 nitrogen and oxygen atoms in total. The first-order valence-corrected chi connectivity index (χ1v) is 7.47. The zero-order valence-corrected chi connectivity index (χ0v) is 12.3. The van der Waals surface area contributed by atoms with Crippen LogP contribution in [0.1, 0.15) is 0 Å². The van der Waals surface area contributed by atoms with Crippen LogP contribution >= 0.6 is 11.3 Å². The van der Waals surface area contributed by atoms with Crippen LogP contribution in [-0.2, 0) is 0 Å². The highest BCUT2D eigenvalue weighted by Crippen LogP contribution is 2.27. The number of rotatable bonds is 4. The SMILES string of the molecule is O=C(O)Nc1ccc(Nc2nc(-c3ccccc3)cs2)cc1. The van der Waals surface area contributed by atoms with Crippen LogP contribution in [0.5, 0.6) is 0 Å². The Bertz CT molecular complexity index is 770. The van der Waals surface area contributed by atoms with Crippen LogP contribution in [0.3, 0.4) is 0 Å². The van der Waals surface area contributed by atoms with E-state index in [9.17, 15) is 4.79 Å². The highest BCUT2D eigenvalue weighted by Gasteiger charge is 2.05. The Morgan fingerprint density at radius 1 is 1.00 bits per heavy atom. The molecule has 1 aromatic heterocycles. The molecule has 0 saturated heterocycles. The molecule has 110 valence electrons. The van der Waals surface area contributed by atoms with Crippen LogP contribution in [0.25, 0.3) is 11.3 Å². The lowest BCUT2D eigenvalue weighted by molar-refractivity contribution is 0.210. The minimum absolute atomic E-state index is 0.530. The number of amides is 1. The molecule has 3 N–H and O–H groups in total. The van der Waals surface area contributed by atoms with Crippen molar-refractivity contribution in [1.82, 2.24) is 4.98 Å². The summed E-state index contributed by atoms with van der Waals surface area (Å²) in [5.74, 6) is 0. The number of thiazole rings is 1. The lowest BCUT2D eigenvalue weighted by Gasteiger charge is -2.04. The van der Waals surface area contributed by atoms with Crippen molar-refractivity contribution in [3.05, 3.63) is 60.0 Å². The van der Waals surface area contributed by atoms with Gasteiger partial charge in [0.15, 0.2) is 5.13 Å². The van der Waals surface area contributed by atoms with E-state index in [2.05, 4.69) is 15.6 Å². The average Bonchev–Trinajstić information content (AvgIpc) is 2.98. The van der Waals surface area contributed by atoms with Gasteiger partial charge in [-0.25, -0.2) is 9.78 Å². The van der Waals surface area contributed by atoms with E-state index in [-0.39, 0.29) is 0 Å². The summed E-state index contributed by atoms with van der Waals surface area (Å²) < 4.78 is 0. The predicted octanol–water partition coefficient (Wildman–Crippen LogP) is 4.64. The third-order valence-electron chi connectivity index (χ3n) is 2.96. The minimum Gasteiger partial charge on any atom is -0.465 e. The summed E-state index contributed by atoms with van der Waals surface area (Å²) in [6.07, 6.45) is -1.08. The first-order valence-electron chi connectivity index (χ1n) is 6.59. The first-order chi connectivity index (χ1) is 10.7. The topological polar surface area (TPSA) is 74.2 Å². The third-order valence-corrected chi connectivity index (χ3v) is 3.72. The Morgan fingerprint density at radius 2 is 1.68 bits per heavy atom. The summed E-state index contributed by atoms with van der Waals surface area (Å²) in [4.78, 5) is 15.1. The van der Waals surface area contributed by atoms with Crippen LogP contribution in [0.4, 0.5) is 21.3 Å². The van der Waals surface area contributed by atoms with Gasteiger partial charge in [-0.05, 0) is 24.3 Å². The Labute approximate surface area is 131 Å². The highest BCUT2D eigenvalue weighted by molar-refractivity contribution is 7.14. The summed E-state index contributed by atoms with van der Waals surface area (Å²) in [5.41, 5.74) is 3.39. The van der Waals surface area contributed by atoms with Crippen molar-refractivity contribution in [2.24, 2.45) is 0 Å². The fraction of sp³-hybridized carbons (Fsp3) is 0. The smallest absolute Gasteiger partial charge is 0.409 e. The number of nitrogens with one attached hydrogen (secondary N) is 2. The number of anilines is 3. The highest BCUT2D eigenvalue weighted by atomic mass is 32.1. The van der Waals surface area contributed by atoms with Gasteiger partial charge in [0, 0.05) is 22.3 Å². The van der Waals surface area contributed by atoms with Gasteiger partial charge in [-0.2, -0.15) is 0 Å². The minimum atomic E-state index is -1.08. The fourth-order valence-corrected chi connectivity index (χ4v) is 2.70. The predicted molar refractivity (Wildman–Crippen MR) is 88.9 cm³/mol. The molecule has 0 aliphatic heterocycles. The molecule has 0 fully saturated rings. The molecule has 0 aliphatic rings. The Hall–Kier alpha value is -2.86. The molecule has 2 aromatic carbocycles. The van der Waals surface area contributed by atoms with Gasteiger partial charge in [0.2, 0.25) is 0 Å². The van der Waals surface area contributed by atoms with E-state index in [0.717, 1.165) is 22.1 Å². The van der Waals surface area contributed by atoms with Crippen LogP contribution < -0.4 is 10.6 Å². The largest absolute Gasteiger partial charge is 0.465 e. The van der Waals surface area contributed by atoms with Crippen molar-refractivity contribution in [3.8, 4) is 11.3 Å². The number of hydrogen-bond acceptors (Lipinski definition) is 4. The zero-order valence-electron chi connectivity index (χ0n) is 11.5. The monoisotopic (exact) mass is 311 g/mol. The van der Waals surface area contributed by atoms with Gasteiger partial charge in [0.05, 0.1) is 5.69 Å². The molecule has 1 amide bonds. The molecule has 0 bridgehead atoms. The molecular weight excluding hydrogens is 298 g/mol. The van der Waals surface area contributed by atoms with Crippen LogP contribution in [-0.4, -0.2) is 16.2 Å². The first kappa shape index (κ1) is 14.1. The molecule has 0 aliphatic carbocycles. The van der Waals surface area contributed by atoms with Gasteiger partial charge in [-0.15, -0.1) is 11.3 Å². The number of benzene rings is 2. The quantitative estimate of drug-likeness (QED) is 0.656. The summed E-state index contributed by atoms with van der Waals surface area (Å²) in [7, 11) is 0. The number of aromatic nitrogens is 1. The average molecular weight is 311 g/mol. The van der Waals surface area contributed by atoms with Crippen molar-refractivity contribution in [2.75, 3.05) is 10.6 Å². The maximum absolute atomic E-state index is 10.5. The molecule has 0 radical (unpaired) electrons. The number of carboxylic acid groups (broad SMARTS) is 1. The second kappa shape index (κ2) is 6.28. The molecule has 1 heterocycles. The van der Waals surface area contributed by atoms with Crippen molar-refractivity contribution in [3.63, 3.8) is 0 Å². The second-order valence-electron chi connectivity index (χ2n) is 4.54. The van der Waals surface area contributed by atoms with Crippen molar-refractivity contribution in [2.45, 2.75) is 0 Å². The molecule has 3 aromatic rings. The van der Waals surface area contributed by atoms with Gasteiger partial charge in [0.1, 0.15) is 0 Å². The molecule has 0 saturated carbocycles. The molecule has 0 atom stereocenters.